The molecule has 1 nitrogen and oxygen atoms in total. The smallest absolute Gasteiger partial charge is 0.0595 e. The van der Waals surface area contributed by atoms with Gasteiger partial charge in [-0.15, -0.1) is 0 Å². The molecule has 1 rings (SSSR count). The largest absolute Gasteiger partial charge is 0.293 e. The molecule has 0 atom stereocenters. The first-order valence-corrected chi connectivity index (χ1v) is 5.25. The number of nitrogens with zero attached hydrogens (tertiary/aromatic N) is 1. The lowest BCUT2D eigenvalue weighted by Crippen LogP contribution is -2.15. The van der Waals surface area contributed by atoms with Crippen LogP contribution in [0.25, 0.3) is 0 Å². The summed E-state index contributed by atoms with van der Waals surface area (Å²) in [5, 5.41) is 1.20. The number of halogens is 2. The van der Waals surface area contributed by atoms with E-state index in [0.29, 0.717) is 10.0 Å². The van der Waals surface area contributed by atoms with Crippen molar-refractivity contribution in [3.8, 4) is 0 Å². The average molecular weight is 236 g/mol. The van der Waals surface area contributed by atoms with Crippen LogP contribution in [-0.4, -0.2) is 17.8 Å². The number of rotatable bonds is 3. The Labute approximate surface area is 94.0 Å². The van der Waals surface area contributed by atoms with Gasteiger partial charge in [0.05, 0.1) is 10.0 Å². The van der Waals surface area contributed by atoms with Crippen LogP contribution < -0.4 is 0 Å². The third-order valence-corrected chi connectivity index (χ3v) is 2.90. The second kappa shape index (κ2) is 5.11. The van der Waals surface area contributed by atoms with E-state index < -0.39 is 0 Å². The molecule has 0 aliphatic carbocycles. The van der Waals surface area contributed by atoms with E-state index in [1.54, 1.807) is 0 Å². The van der Waals surface area contributed by atoms with E-state index in [9.17, 15) is 0 Å². The van der Waals surface area contributed by atoms with Crippen LogP contribution in [0.15, 0.2) is 18.2 Å². The molecule has 0 saturated carbocycles. The first-order chi connectivity index (χ1) is 6.13. The standard InChI is InChI=1S/C9H11Cl2NS/c1-12(6-13)5-7-2-3-8(10)9(11)4-7/h2-4,13H,5-6H2,1H3. The van der Waals surface area contributed by atoms with Gasteiger partial charge in [-0.3, -0.25) is 4.90 Å². The molecule has 0 spiro atoms. The molecule has 0 saturated heterocycles. The third kappa shape index (κ3) is 3.39. The highest BCUT2D eigenvalue weighted by atomic mass is 35.5. The second-order valence-electron chi connectivity index (χ2n) is 2.90. The predicted molar refractivity (Wildman–Crippen MR) is 61.8 cm³/mol. The molecule has 0 aliphatic heterocycles. The quantitative estimate of drug-likeness (QED) is 0.622. The number of hydrogen-bond donors (Lipinski definition) is 1. The normalized spacial score (nSPS) is 10.8. The zero-order valence-electron chi connectivity index (χ0n) is 7.30. The lowest BCUT2D eigenvalue weighted by atomic mass is 10.2. The zero-order chi connectivity index (χ0) is 9.84. The maximum Gasteiger partial charge on any atom is 0.0595 e. The van der Waals surface area contributed by atoms with Crippen LogP contribution in [0.5, 0.6) is 0 Å². The van der Waals surface area contributed by atoms with Crippen LogP contribution in [-0.2, 0) is 6.54 Å². The van der Waals surface area contributed by atoms with Gasteiger partial charge in [0.25, 0.3) is 0 Å². The molecular formula is C9H11Cl2NS. The zero-order valence-corrected chi connectivity index (χ0v) is 9.70. The summed E-state index contributed by atoms with van der Waals surface area (Å²) in [5.41, 5.74) is 1.14. The predicted octanol–water partition coefficient (Wildman–Crippen LogP) is 3.31. The Morgan fingerprint density at radius 3 is 2.54 bits per heavy atom. The van der Waals surface area contributed by atoms with Gasteiger partial charge in [-0.2, -0.15) is 12.6 Å². The van der Waals surface area contributed by atoms with Crippen LogP contribution in [0.4, 0.5) is 0 Å². The minimum Gasteiger partial charge on any atom is -0.293 e. The Hall–Kier alpha value is 0.110. The van der Waals surface area contributed by atoms with Crippen molar-refractivity contribution in [3.05, 3.63) is 33.8 Å². The Morgan fingerprint density at radius 1 is 1.31 bits per heavy atom. The highest BCUT2D eigenvalue weighted by Gasteiger charge is 2.01. The monoisotopic (exact) mass is 235 g/mol. The van der Waals surface area contributed by atoms with Crippen LogP contribution >= 0.6 is 35.8 Å². The summed E-state index contributed by atoms with van der Waals surface area (Å²) < 4.78 is 0. The van der Waals surface area contributed by atoms with Crippen molar-refractivity contribution in [2.24, 2.45) is 0 Å². The summed E-state index contributed by atoms with van der Waals surface area (Å²) in [7, 11) is 2.00. The van der Waals surface area contributed by atoms with Gasteiger partial charge < -0.3 is 0 Å². The van der Waals surface area contributed by atoms with Gasteiger partial charge in [-0.05, 0) is 24.7 Å². The minimum absolute atomic E-state index is 0.596. The molecule has 0 heterocycles. The molecule has 1 aromatic rings. The molecular weight excluding hydrogens is 225 g/mol. The highest BCUT2D eigenvalue weighted by Crippen LogP contribution is 2.22. The first-order valence-electron chi connectivity index (χ1n) is 3.87. The van der Waals surface area contributed by atoms with Crippen LogP contribution in [0, 0.1) is 0 Å². The molecule has 0 fully saturated rings. The number of benzene rings is 1. The lowest BCUT2D eigenvalue weighted by Gasteiger charge is -2.13. The highest BCUT2D eigenvalue weighted by molar-refractivity contribution is 7.80. The van der Waals surface area contributed by atoms with Crippen molar-refractivity contribution in [1.29, 1.82) is 0 Å². The summed E-state index contributed by atoms with van der Waals surface area (Å²) in [6.07, 6.45) is 0. The van der Waals surface area contributed by atoms with E-state index in [1.165, 1.54) is 0 Å². The SMILES string of the molecule is CN(CS)Cc1ccc(Cl)c(Cl)c1. The van der Waals surface area contributed by atoms with Crippen molar-refractivity contribution in [2.75, 3.05) is 12.9 Å². The molecule has 0 aromatic heterocycles. The van der Waals surface area contributed by atoms with E-state index in [2.05, 4.69) is 17.5 Å². The topological polar surface area (TPSA) is 3.24 Å². The molecule has 0 amide bonds. The van der Waals surface area contributed by atoms with E-state index in [1.807, 2.05) is 25.2 Å². The molecule has 72 valence electrons. The summed E-state index contributed by atoms with van der Waals surface area (Å²) in [6.45, 7) is 0.834. The first kappa shape index (κ1) is 11.2. The minimum atomic E-state index is 0.596. The Morgan fingerprint density at radius 2 is 2.00 bits per heavy atom. The van der Waals surface area contributed by atoms with E-state index in [4.69, 9.17) is 23.2 Å². The average Bonchev–Trinajstić information content (AvgIpc) is 2.11. The van der Waals surface area contributed by atoms with Gasteiger partial charge in [0, 0.05) is 12.4 Å². The van der Waals surface area contributed by atoms with Crippen molar-refractivity contribution in [2.45, 2.75) is 6.54 Å². The van der Waals surface area contributed by atoms with Gasteiger partial charge in [0.1, 0.15) is 0 Å². The van der Waals surface area contributed by atoms with E-state index in [0.717, 1.165) is 18.0 Å². The molecule has 13 heavy (non-hydrogen) atoms. The molecule has 0 N–H and O–H groups in total. The maximum atomic E-state index is 5.87. The van der Waals surface area contributed by atoms with Gasteiger partial charge in [-0.1, -0.05) is 29.3 Å². The van der Waals surface area contributed by atoms with Crippen molar-refractivity contribution in [1.82, 2.24) is 4.90 Å². The fourth-order valence-electron chi connectivity index (χ4n) is 1.000. The maximum absolute atomic E-state index is 5.87. The molecule has 0 radical (unpaired) electrons. The van der Waals surface area contributed by atoms with Gasteiger partial charge in [0.2, 0.25) is 0 Å². The Balaban J connectivity index is 2.73. The Kier molecular flexibility index (Phi) is 4.39. The summed E-state index contributed by atoms with van der Waals surface area (Å²) in [4.78, 5) is 2.07. The number of hydrogen-bond acceptors (Lipinski definition) is 2. The second-order valence-corrected chi connectivity index (χ2v) is 4.00. The molecule has 0 unspecified atom stereocenters. The van der Waals surface area contributed by atoms with Crippen molar-refractivity contribution >= 4 is 35.8 Å². The van der Waals surface area contributed by atoms with Crippen LogP contribution in [0.3, 0.4) is 0 Å². The van der Waals surface area contributed by atoms with Gasteiger partial charge in [0.15, 0.2) is 0 Å². The molecule has 0 aliphatic rings. The summed E-state index contributed by atoms with van der Waals surface area (Å²) in [5.74, 6) is 0.722. The molecule has 0 bridgehead atoms. The van der Waals surface area contributed by atoms with Gasteiger partial charge >= 0.3 is 0 Å². The van der Waals surface area contributed by atoms with Crippen LogP contribution in [0.2, 0.25) is 10.0 Å². The lowest BCUT2D eigenvalue weighted by molar-refractivity contribution is 0.387. The fourth-order valence-corrected chi connectivity index (χ4v) is 1.42. The van der Waals surface area contributed by atoms with Gasteiger partial charge in [-0.25, -0.2) is 0 Å². The molecule has 1 aromatic carbocycles. The van der Waals surface area contributed by atoms with Crippen LogP contribution in [0.1, 0.15) is 5.56 Å². The third-order valence-electron chi connectivity index (χ3n) is 1.68. The fraction of sp³-hybridized carbons (Fsp3) is 0.333. The van der Waals surface area contributed by atoms with E-state index in [-0.39, 0.29) is 0 Å². The number of thiol groups is 1. The van der Waals surface area contributed by atoms with Crippen molar-refractivity contribution < 1.29 is 0 Å². The molecule has 4 heteroatoms. The van der Waals surface area contributed by atoms with Crippen molar-refractivity contribution in [3.63, 3.8) is 0 Å². The Bertz CT molecular complexity index is 291. The van der Waals surface area contributed by atoms with E-state index >= 15 is 0 Å². The summed E-state index contributed by atoms with van der Waals surface area (Å²) in [6, 6.07) is 5.66. The summed E-state index contributed by atoms with van der Waals surface area (Å²) >= 11 is 15.8.